The minimum atomic E-state index is -3.13. The van der Waals surface area contributed by atoms with Gasteiger partial charge in [0.15, 0.2) is 0 Å². The lowest BCUT2D eigenvalue weighted by Gasteiger charge is -2.40. The van der Waals surface area contributed by atoms with E-state index < -0.39 is 47.1 Å². The third kappa shape index (κ3) is 10.1. The van der Waals surface area contributed by atoms with Crippen molar-refractivity contribution < 1.29 is 37.1 Å². The average Bonchev–Trinajstić information content (AvgIpc) is 3.53. The van der Waals surface area contributed by atoms with Crippen molar-refractivity contribution in [1.82, 2.24) is 26.3 Å². The van der Waals surface area contributed by atoms with Crippen LogP contribution in [0.5, 0.6) is 0 Å². The fourth-order valence-corrected chi connectivity index (χ4v) is 7.72. The number of aromatic amines is 1. The maximum absolute atomic E-state index is 14.8. The first kappa shape index (κ1) is 41.8. The van der Waals surface area contributed by atoms with Crippen LogP contribution in [0.15, 0.2) is 42.5 Å². The molecule has 2 heterocycles. The van der Waals surface area contributed by atoms with E-state index in [0.29, 0.717) is 55.2 Å². The van der Waals surface area contributed by atoms with E-state index in [1.54, 1.807) is 18.2 Å². The molecule has 1 aromatic heterocycles. The van der Waals surface area contributed by atoms with Crippen LogP contribution in [0.2, 0.25) is 0 Å². The number of benzene rings is 2. The highest BCUT2D eigenvalue weighted by Crippen LogP contribution is 2.39. The number of amides is 4. The maximum atomic E-state index is 14.8. The molecule has 13 heteroatoms. The largest absolute Gasteiger partial charge is 0.381 e. The van der Waals surface area contributed by atoms with Crippen LogP contribution in [0, 0.1) is 23.6 Å². The summed E-state index contributed by atoms with van der Waals surface area (Å²) in [5.41, 5.74) is 0.0718. The molecule has 5 N–H and O–H groups in total. The zero-order chi connectivity index (χ0) is 39.9. The summed E-state index contributed by atoms with van der Waals surface area (Å²) in [5, 5.41) is 12.5. The van der Waals surface area contributed by atoms with Gasteiger partial charge in [-0.05, 0) is 60.6 Å². The lowest BCUT2D eigenvalue weighted by atomic mass is 9.77. The molecular formula is C42H56F3N5O5. The Morgan fingerprint density at radius 2 is 1.67 bits per heavy atom. The van der Waals surface area contributed by atoms with Crippen LogP contribution in [0.1, 0.15) is 95.5 Å². The van der Waals surface area contributed by atoms with Gasteiger partial charge in [0, 0.05) is 62.2 Å². The molecule has 2 aliphatic rings. The van der Waals surface area contributed by atoms with Gasteiger partial charge < -0.3 is 31.0 Å². The SMILES string of the molecule is CCC(C)[C@H](NC(=O)Cc1ccccc1F)C(=O)N[C@]1(C(=O)N[C@H](CC(=O)NCC2CCOCC2)C(C)CC)CCc2[nH]c3c(C(C)(F)F)cccc3c2C1. The van der Waals surface area contributed by atoms with Crippen molar-refractivity contribution in [3.05, 3.63) is 70.7 Å². The van der Waals surface area contributed by atoms with Gasteiger partial charge in [0.2, 0.25) is 23.6 Å². The lowest BCUT2D eigenvalue weighted by Crippen LogP contribution is -2.66. The average molecular weight is 768 g/mol. The molecule has 5 rings (SSSR count). The molecule has 10 nitrogen and oxygen atoms in total. The summed E-state index contributed by atoms with van der Waals surface area (Å²) in [7, 11) is 0. The molecule has 1 fully saturated rings. The van der Waals surface area contributed by atoms with Crippen molar-refractivity contribution in [2.75, 3.05) is 19.8 Å². The highest BCUT2D eigenvalue weighted by Gasteiger charge is 2.47. The first-order chi connectivity index (χ1) is 26.2. The molecule has 1 aliphatic carbocycles. The summed E-state index contributed by atoms with van der Waals surface area (Å²) in [6.45, 7) is 10.3. The molecular weight excluding hydrogens is 711 g/mol. The van der Waals surface area contributed by atoms with E-state index in [0.717, 1.165) is 19.8 Å². The molecule has 1 aliphatic heterocycles. The van der Waals surface area contributed by atoms with Gasteiger partial charge in [0.05, 0.1) is 11.9 Å². The van der Waals surface area contributed by atoms with Gasteiger partial charge >= 0.3 is 0 Å². The number of para-hydroxylation sites is 1. The number of rotatable bonds is 16. The normalized spacial score (nSPS) is 19.8. The summed E-state index contributed by atoms with van der Waals surface area (Å²) in [6, 6.07) is 8.95. The van der Waals surface area contributed by atoms with Crippen LogP contribution in [-0.2, 0) is 49.1 Å². The van der Waals surface area contributed by atoms with Gasteiger partial charge in [0.1, 0.15) is 17.4 Å². The van der Waals surface area contributed by atoms with Gasteiger partial charge in [-0.2, -0.15) is 0 Å². The van der Waals surface area contributed by atoms with Crippen LogP contribution in [0.3, 0.4) is 0 Å². The number of carbonyl (C=O) groups is 4. The number of halogens is 3. The number of hydrogen-bond donors (Lipinski definition) is 5. The van der Waals surface area contributed by atoms with E-state index in [4.69, 9.17) is 4.74 Å². The van der Waals surface area contributed by atoms with Crippen molar-refractivity contribution in [2.24, 2.45) is 17.8 Å². The molecule has 300 valence electrons. The Balaban J connectivity index is 1.45. The van der Waals surface area contributed by atoms with Crippen LogP contribution >= 0.6 is 0 Å². The molecule has 0 radical (unpaired) electrons. The Hall–Kier alpha value is -4.39. The third-order valence-electron chi connectivity index (χ3n) is 11.7. The number of ether oxygens (including phenoxy) is 1. The monoisotopic (exact) mass is 767 g/mol. The predicted molar refractivity (Wildman–Crippen MR) is 205 cm³/mol. The quantitative estimate of drug-likeness (QED) is 0.122. The van der Waals surface area contributed by atoms with Crippen molar-refractivity contribution in [3.63, 3.8) is 0 Å². The number of nitrogens with one attached hydrogen (secondary N) is 5. The van der Waals surface area contributed by atoms with Crippen LogP contribution in [0.25, 0.3) is 10.9 Å². The van der Waals surface area contributed by atoms with Crippen LogP contribution in [0.4, 0.5) is 13.2 Å². The van der Waals surface area contributed by atoms with E-state index in [-0.39, 0.29) is 66.5 Å². The standard InChI is InChI=1S/C42H56F3N5O5/c1-6-25(3)34(22-35(51)46-24-27-16-19-55-20-17-27)48-40(54)42(18-15-33-30(23-42)29-12-10-13-31(38(29)47-33)41(5,44)45)50-39(53)37(26(4)7-2)49-36(52)21-28-11-8-9-14-32(28)43/h8-14,25-27,34,37,47H,6-7,15-24H2,1-5H3,(H,46,51)(H,48,54)(H,49,52)(H,50,53)/t25?,26?,34-,37+,42-/m1/s1. The minimum Gasteiger partial charge on any atom is -0.381 e. The first-order valence-corrected chi connectivity index (χ1v) is 19.7. The summed E-state index contributed by atoms with van der Waals surface area (Å²) < 4.78 is 49.4. The molecule has 0 bridgehead atoms. The highest BCUT2D eigenvalue weighted by atomic mass is 19.3. The second kappa shape index (κ2) is 18.0. The summed E-state index contributed by atoms with van der Waals surface area (Å²) in [6.07, 6.45) is 3.03. The third-order valence-corrected chi connectivity index (χ3v) is 11.7. The zero-order valence-electron chi connectivity index (χ0n) is 32.6. The molecule has 2 aromatic carbocycles. The summed E-state index contributed by atoms with van der Waals surface area (Å²) in [4.78, 5) is 58.9. The van der Waals surface area contributed by atoms with Gasteiger partial charge in [-0.3, -0.25) is 19.2 Å². The number of carbonyl (C=O) groups excluding carboxylic acids is 4. The van der Waals surface area contributed by atoms with Crippen LogP contribution < -0.4 is 21.3 Å². The lowest BCUT2D eigenvalue weighted by molar-refractivity contribution is -0.137. The number of H-pyrrole nitrogens is 1. The van der Waals surface area contributed by atoms with E-state index in [1.165, 1.54) is 24.3 Å². The molecule has 2 unspecified atom stereocenters. The van der Waals surface area contributed by atoms with E-state index in [9.17, 15) is 32.3 Å². The molecule has 5 atom stereocenters. The highest BCUT2D eigenvalue weighted by molar-refractivity contribution is 5.97. The van der Waals surface area contributed by atoms with Crippen molar-refractivity contribution in [1.29, 1.82) is 0 Å². The maximum Gasteiger partial charge on any atom is 0.272 e. The Morgan fingerprint density at radius 1 is 0.964 bits per heavy atom. The number of fused-ring (bicyclic) bond motifs is 3. The second-order valence-corrected chi connectivity index (χ2v) is 15.7. The molecule has 4 amide bonds. The van der Waals surface area contributed by atoms with Crippen molar-refractivity contribution >= 4 is 34.5 Å². The molecule has 0 saturated carbocycles. The topological polar surface area (TPSA) is 141 Å². The molecule has 1 saturated heterocycles. The van der Waals surface area contributed by atoms with Crippen LogP contribution in [-0.4, -0.2) is 66.0 Å². The van der Waals surface area contributed by atoms with E-state index in [2.05, 4.69) is 26.3 Å². The number of aromatic nitrogens is 1. The zero-order valence-corrected chi connectivity index (χ0v) is 32.6. The molecule has 0 spiro atoms. The molecule has 3 aromatic rings. The smallest absolute Gasteiger partial charge is 0.272 e. The first-order valence-electron chi connectivity index (χ1n) is 19.7. The fourth-order valence-electron chi connectivity index (χ4n) is 7.72. The fraction of sp³-hybridized carbons (Fsp3) is 0.571. The predicted octanol–water partition coefficient (Wildman–Crippen LogP) is 6.00. The van der Waals surface area contributed by atoms with Gasteiger partial charge in [-0.1, -0.05) is 76.9 Å². The van der Waals surface area contributed by atoms with Gasteiger partial charge in [-0.15, -0.1) is 0 Å². The van der Waals surface area contributed by atoms with Gasteiger partial charge in [0.25, 0.3) is 5.92 Å². The number of aryl methyl sites for hydroxylation is 1. The van der Waals surface area contributed by atoms with Crippen molar-refractivity contribution in [3.8, 4) is 0 Å². The summed E-state index contributed by atoms with van der Waals surface area (Å²) in [5.74, 6) is -5.65. The second-order valence-electron chi connectivity index (χ2n) is 15.7. The Bertz CT molecular complexity index is 1840. The summed E-state index contributed by atoms with van der Waals surface area (Å²) >= 11 is 0. The van der Waals surface area contributed by atoms with E-state index >= 15 is 0 Å². The Labute approximate surface area is 321 Å². The Morgan fingerprint density at radius 3 is 2.35 bits per heavy atom. The van der Waals surface area contributed by atoms with E-state index in [1.807, 2.05) is 27.7 Å². The number of alkyl halides is 2. The minimum absolute atomic E-state index is 0.0157. The molecule has 55 heavy (non-hydrogen) atoms. The van der Waals surface area contributed by atoms with Crippen molar-refractivity contribution in [2.45, 2.75) is 116 Å². The Kier molecular flexibility index (Phi) is 13.7. The van der Waals surface area contributed by atoms with Gasteiger partial charge in [-0.25, -0.2) is 13.2 Å². The number of hydrogen-bond acceptors (Lipinski definition) is 5.